The highest BCUT2D eigenvalue weighted by Gasteiger charge is 2.42. The van der Waals surface area contributed by atoms with Gasteiger partial charge in [-0.1, -0.05) is 11.2 Å². The van der Waals surface area contributed by atoms with Gasteiger partial charge in [-0.2, -0.15) is 0 Å². The maximum Gasteiger partial charge on any atom is 0.227 e. The first-order valence-corrected chi connectivity index (χ1v) is 10.4. The molecule has 7 heteroatoms. The standard InChI is InChI=1S/C22H29N3O4/c1-15-5-4-6-20(23-15)28-18-7-12-27-22(14-18)8-10-25(11-9-22)21(26)13-19-16(2)24-29-17(19)3/h4-6,18H,7-14H2,1-3H3. The van der Waals surface area contributed by atoms with Crippen molar-refractivity contribution in [3.05, 3.63) is 40.9 Å². The second-order valence-electron chi connectivity index (χ2n) is 8.24. The van der Waals surface area contributed by atoms with Crippen molar-refractivity contribution in [1.29, 1.82) is 0 Å². The fourth-order valence-electron chi connectivity index (χ4n) is 4.37. The van der Waals surface area contributed by atoms with E-state index in [1.54, 1.807) is 0 Å². The topological polar surface area (TPSA) is 77.7 Å². The van der Waals surface area contributed by atoms with Gasteiger partial charge in [0.15, 0.2) is 0 Å². The summed E-state index contributed by atoms with van der Waals surface area (Å²) in [5.41, 5.74) is 2.45. The number of aryl methyl sites for hydroxylation is 3. The maximum atomic E-state index is 12.8. The van der Waals surface area contributed by atoms with Crippen molar-refractivity contribution in [3.63, 3.8) is 0 Å². The number of likely N-dealkylation sites (tertiary alicyclic amines) is 1. The van der Waals surface area contributed by atoms with E-state index in [1.807, 2.05) is 43.9 Å². The molecule has 1 atom stereocenters. The molecule has 0 saturated carbocycles. The molecule has 0 aliphatic carbocycles. The monoisotopic (exact) mass is 399 g/mol. The summed E-state index contributed by atoms with van der Waals surface area (Å²) in [5, 5.41) is 3.95. The molecule has 0 aromatic carbocycles. The minimum absolute atomic E-state index is 0.0996. The van der Waals surface area contributed by atoms with Gasteiger partial charge in [0.25, 0.3) is 0 Å². The highest BCUT2D eigenvalue weighted by Crippen LogP contribution is 2.36. The van der Waals surface area contributed by atoms with E-state index in [9.17, 15) is 4.79 Å². The first kappa shape index (κ1) is 19.9. The number of hydrogen-bond acceptors (Lipinski definition) is 6. The molecule has 1 spiro atoms. The lowest BCUT2D eigenvalue weighted by molar-refractivity contribution is -0.151. The molecule has 2 saturated heterocycles. The van der Waals surface area contributed by atoms with Gasteiger partial charge in [0, 0.05) is 43.3 Å². The van der Waals surface area contributed by atoms with Gasteiger partial charge in [-0.25, -0.2) is 4.98 Å². The normalized spacial score (nSPS) is 21.3. The fourth-order valence-corrected chi connectivity index (χ4v) is 4.37. The van der Waals surface area contributed by atoms with E-state index in [0.29, 0.717) is 32.0 Å². The largest absolute Gasteiger partial charge is 0.474 e. The number of aromatic nitrogens is 2. The van der Waals surface area contributed by atoms with Gasteiger partial charge in [0.05, 0.1) is 24.3 Å². The van der Waals surface area contributed by atoms with E-state index in [0.717, 1.165) is 48.4 Å². The van der Waals surface area contributed by atoms with Gasteiger partial charge in [-0.15, -0.1) is 0 Å². The molecule has 2 aliphatic rings. The molecule has 1 unspecified atom stereocenters. The van der Waals surface area contributed by atoms with Crippen LogP contribution in [0.5, 0.6) is 5.88 Å². The summed E-state index contributed by atoms with van der Waals surface area (Å²) in [6.45, 7) is 7.79. The van der Waals surface area contributed by atoms with Crippen LogP contribution in [-0.4, -0.2) is 52.3 Å². The van der Waals surface area contributed by atoms with E-state index in [4.69, 9.17) is 14.0 Å². The van der Waals surface area contributed by atoms with Gasteiger partial charge in [-0.3, -0.25) is 4.79 Å². The van der Waals surface area contributed by atoms with Gasteiger partial charge in [0.1, 0.15) is 11.9 Å². The summed E-state index contributed by atoms with van der Waals surface area (Å²) in [5.74, 6) is 1.53. The Morgan fingerprint density at radius 2 is 2.07 bits per heavy atom. The van der Waals surface area contributed by atoms with Crippen LogP contribution in [0.1, 0.15) is 48.4 Å². The average Bonchev–Trinajstić information content (AvgIpc) is 3.01. The number of nitrogens with zero attached hydrogens (tertiary/aromatic N) is 3. The lowest BCUT2D eigenvalue weighted by Gasteiger charge is -2.46. The van der Waals surface area contributed by atoms with Crippen molar-refractivity contribution in [2.45, 2.75) is 64.6 Å². The third-order valence-corrected chi connectivity index (χ3v) is 6.13. The Morgan fingerprint density at radius 1 is 1.28 bits per heavy atom. The molecule has 2 aromatic heterocycles. The Balaban J connectivity index is 1.33. The zero-order valence-corrected chi connectivity index (χ0v) is 17.4. The molecule has 7 nitrogen and oxygen atoms in total. The Bertz CT molecular complexity index is 851. The molecular formula is C22H29N3O4. The second-order valence-corrected chi connectivity index (χ2v) is 8.24. The first-order valence-electron chi connectivity index (χ1n) is 10.4. The number of carbonyl (C=O) groups excluding carboxylic acids is 1. The summed E-state index contributed by atoms with van der Waals surface area (Å²) >= 11 is 0. The Labute approximate surface area is 171 Å². The van der Waals surface area contributed by atoms with Crippen molar-refractivity contribution in [3.8, 4) is 5.88 Å². The molecule has 4 heterocycles. The highest BCUT2D eigenvalue weighted by molar-refractivity contribution is 5.79. The molecular weight excluding hydrogens is 370 g/mol. The highest BCUT2D eigenvalue weighted by atomic mass is 16.5. The summed E-state index contributed by atoms with van der Waals surface area (Å²) in [6, 6.07) is 5.84. The van der Waals surface area contributed by atoms with Gasteiger partial charge in [-0.05, 0) is 39.7 Å². The van der Waals surface area contributed by atoms with Gasteiger partial charge < -0.3 is 18.9 Å². The minimum Gasteiger partial charge on any atom is -0.474 e. The number of ether oxygens (including phenoxy) is 2. The zero-order valence-electron chi connectivity index (χ0n) is 17.4. The summed E-state index contributed by atoms with van der Waals surface area (Å²) in [4.78, 5) is 19.2. The van der Waals surface area contributed by atoms with Crippen LogP contribution in [0.2, 0.25) is 0 Å². The molecule has 2 aliphatic heterocycles. The second kappa shape index (κ2) is 8.14. The summed E-state index contributed by atoms with van der Waals surface area (Å²) < 4.78 is 17.5. The van der Waals surface area contributed by atoms with Crippen LogP contribution >= 0.6 is 0 Å². The van der Waals surface area contributed by atoms with Crippen molar-refractivity contribution in [2.75, 3.05) is 19.7 Å². The van der Waals surface area contributed by atoms with E-state index < -0.39 is 0 Å². The molecule has 2 fully saturated rings. The molecule has 0 bridgehead atoms. The number of rotatable bonds is 4. The molecule has 2 aromatic rings. The van der Waals surface area contributed by atoms with Crippen molar-refractivity contribution >= 4 is 5.91 Å². The van der Waals surface area contributed by atoms with E-state index >= 15 is 0 Å². The Hall–Kier alpha value is -2.41. The van der Waals surface area contributed by atoms with Crippen molar-refractivity contribution < 1.29 is 18.8 Å². The molecule has 4 rings (SSSR count). The minimum atomic E-state index is -0.202. The molecule has 156 valence electrons. The van der Waals surface area contributed by atoms with E-state index in [2.05, 4.69) is 10.1 Å². The number of carbonyl (C=O) groups is 1. The van der Waals surface area contributed by atoms with Crippen LogP contribution in [0.4, 0.5) is 0 Å². The summed E-state index contributed by atoms with van der Waals surface area (Å²) in [7, 11) is 0. The lowest BCUT2D eigenvalue weighted by Crippen LogP contribution is -2.52. The van der Waals surface area contributed by atoms with Crippen LogP contribution in [0, 0.1) is 20.8 Å². The SMILES string of the molecule is Cc1cccc(OC2CCOC3(CCN(C(=O)Cc4c(C)noc4C)CC3)C2)n1. The zero-order chi connectivity index (χ0) is 20.4. The van der Waals surface area contributed by atoms with E-state index in [-0.39, 0.29) is 17.6 Å². The number of pyridine rings is 1. The molecule has 29 heavy (non-hydrogen) atoms. The number of amides is 1. The first-order chi connectivity index (χ1) is 13.9. The number of piperidine rings is 1. The average molecular weight is 399 g/mol. The van der Waals surface area contributed by atoms with Crippen molar-refractivity contribution in [2.24, 2.45) is 0 Å². The fraction of sp³-hybridized carbons (Fsp3) is 0.591. The predicted octanol–water partition coefficient (Wildman–Crippen LogP) is 3.16. The molecule has 1 amide bonds. The Kier molecular flexibility index (Phi) is 5.58. The number of hydrogen-bond donors (Lipinski definition) is 0. The van der Waals surface area contributed by atoms with Gasteiger partial charge in [0.2, 0.25) is 11.8 Å². The van der Waals surface area contributed by atoms with Crippen LogP contribution in [0.3, 0.4) is 0 Å². The molecule has 0 radical (unpaired) electrons. The van der Waals surface area contributed by atoms with E-state index in [1.165, 1.54) is 0 Å². The predicted molar refractivity (Wildman–Crippen MR) is 107 cm³/mol. The van der Waals surface area contributed by atoms with Crippen LogP contribution in [0.15, 0.2) is 22.7 Å². The van der Waals surface area contributed by atoms with Gasteiger partial charge >= 0.3 is 0 Å². The van der Waals surface area contributed by atoms with Crippen LogP contribution < -0.4 is 4.74 Å². The van der Waals surface area contributed by atoms with Crippen LogP contribution in [-0.2, 0) is 16.0 Å². The quantitative estimate of drug-likeness (QED) is 0.786. The third kappa shape index (κ3) is 4.45. The summed E-state index contributed by atoms with van der Waals surface area (Å²) in [6.07, 6.45) is 3.83. The smallest absolute Gasteiger partial charge is 0.227 e. The third-order valence-electron chi connectivity index (χ3n) is 6.13. The maximum absolute atomic E-state index is 12.8. The Morgan fingerprint density at radius 3 is 2.76 bits per heavy atom. The lowest BCUT2D eigenvalue weighted by atomic mass is 9.83. The van der Waals surface area contributed by atoms with Crippen molar-refractivity contribution in [1.82, 2.24) is 15.0 Å². The molecule has 0 N–H and O–H groups in total. The van der Waals surface area contributed by atoms with Crippen LogP contribution in [0.25, 0.3) is 0 Å².